The summed E-state index contributed by atoms with van der Waals surface area (Å²) >= 11 is 6.61. The number of rotatable bonds is 6. The molecule has 2 atom stereocenters. The van der Waals surface area contributed by atoms with Crippen molar-refractivity contribution in [1.82, 2.24) is 4.90 Å². The van der Waals surface area contributed by atoms with Crippen molar-refractivity contribution in [3.05, 3.63) is 93.0 Å². The van der Waals surface area contributed by atoms with Crippen LogP contribution in [-0.2, 0) is 23.6 Å². The van der Waals surface area contributed by atoms with Crippen molar-refractivity contribution in [3.8, 4) is 11.1 Å². The molecule has 0 spiro atoms. The number of amides is 1. The number of alkyl halides is 6. The van der Waals surface area contributed by atoms with Gasteiger partial charge in [0.1, 0.15) is 6.10 Å². The topological polar surface area (TPSA) is 29.5 Å². The molecule has 5 rings (SSSR count). The molecule has 2 fully saturated rings. The summed E-state index contributed by atoms with van der Waals surface area (Å²) < 4.78 is 86.4. The normalized spacial score (nSPS) is 19.7. The highest BCUT2D eigenvalue weighted by molar-refractivity contribution is 6.33. The second-order valence-corrected chi connectivity index (χ2v) is 11.5. The average Bonchev–Trinajstić information content (AvgIpc) is 3.70. The Morgan fingerprint density at radius 3 is 2.07 bits per heavy atom. The van der Waals surface area contributed by atoms with Gasteiger partial charge in [-0.05, 0) is 89.8 Å². The molecule has 218 valence electrons. The lowest BCUT2D eigenvalue weighted by molar-refractivity contribution is -0.143. The lowest BCUT2D eigenvalue weighted by atomic mass is 9.92. The molecule has 1 heterocycles. The number of cyclic esters (lactones) is 1. The first kappa shape index (κ1) is 29.3. The van der Waals surface area contributed by atoms with Gasteiger partial charge in [0.25, 0.3) is 0 Å². The van der Waals surface area contributed by atoms with E-state index in [4.69, 9.17) is 16.3 Å². The van der Waals surface area contributed by atoms with E-state index < -0.39 is 41.7 Å². The minimum atomic E-state index is -5.01. The smallest absolute Gasteiger partial charge is 0.416 e. The van der Waals surface area contributed by atoms with E-state index in [1.54, 1.807) is 6.92 Å². The maximum atomic E-state index is 13.5. The quantitative estimate of drug-likeness (QED) is 0.265. The summed E-state index contributed by atoms with van der Waals surface area (Å²) in [5.41, 5.74) is 1.23. The van der Waals surface area contributed by atoms with Crippen molar-refractivity contribution in [2.75, 3.05) is 0 Å². The van der Waals surface area contributed by atoms with Crippen LogP contribution in [0.2, 0.25) is 5.02 Å². The average molecular weight is 596 g/mol. The van der Waals surface area contributed by atoms with Crippen LogP contribution in [-0.4, -0.2) is 17.0 Å². The molecule has 3 nitrogen and oxygen atoms in total. The molecular formula is C31H28ClF6NO2. The van der Waals surface area contributed by atoms with Crippen LogP contribution in [0.4, 0.5) is 31.1 Å². The SMILES string of the molecule is CC(C)c1ccc(Cl)c(-c2ccc(C3CC3)cc2CN2C(=O)OC(c3cc(C(F)(F)F)cc(C(F)(F)F)c3)C2C)c1. The van der Waals surface area contributed by atoms with Crippen LogP contribution in [0.1, 0.15) is 84.9 Å². The van der Waals surface area contributed by atoms with E-state index in [0.29, 0.717) is 23.1 Å². The zero-order chi connectivity index (χ0) is 29.9. The van der Waals surface area contributed by atoms with Crippen LogP contribution in [0.25, 0.3) is 11.1 Å². The summed E-state index contributed by atoms with van der Waals surface area (Å²) in [6, 6.07) is 12.2. The number of carbonyl (C=O) groups is 1. The van der Waals surface area contributed by atoms with Crippen LogP contribution in [0.15, 0.2) is 54.6 Å². The van der Waals surface area contributed by atoms with Crippen LogP contribution < -0.4 is 0 Å². The predicted octanol–water partition coefficient (Wildman–Crippen LogP) is 10.1. The summed E-state index contributed by atoms with van der Waals surface area (Å²) in [5.74, 6) is 0.644. The van der Waals surface area contributed by atoms with E-state index in [1.807, 2.05) is 36.4 Å². The Labute approximate surface area is 239 Å². The van der Waals surface area contributed by atoms with Gasteiger partial charge in [0.2, 0.25) is 0 Å². The third-order valence-electron chi connectivity index (χ3n) is 7.80. The Balaban J connectivity index is 1.52. The van der Waals surface area contributed by atoms with Crippen molar-refractivity contribution in [2.45, 2.75) is 76.5 Å². The van der Waals surface area contributed by atoms with Gasteiger partial charge < -0.3 is 4.74 Å². The van der Waals surface area contributed by atoms with Gasteiger partial charge in [0.15, 0.2) is 0 Å². The molecule has 1 aliphatic carbocycles. The van der Waals surface area contributed by atoms with Gasteiger partial charge >= 0.3 is 18.4 Å². The minimum Gasteiger partial charge on any atom is -0.439 e. The van der Waals surface area contributed by atoms with E-state index in [2.05, 4.69) is 13.8 Å². The lowest BCUT2D eigenvalue weighted by Gasteiger charge is -2.24. The third kappa shape index (κ3) is 6.05. The molecule has 1 saturated heterocycles. The van der Waals surface area contributed by atoms with Gasteiger partial charge in [-0.25, -0.2) is 4.79 Å². The maximum absolute atomic E-state index is 13.5. The molecule has 0 N–H and O–H groups in total. The Hall–Kier alpha value is -3.20. The number of nitrogens with zero attached hydrogens (tertiary/aromatic N) is 1. The van der Waals surface area contributed by atoms with Crippen LogP contribution in [0, 0.1) is 0 Å². The van der Waals surface area contributed by atoms with E-state index in [0.717, 1.165) is 40.7 Å². The third-order valence-corrected chi connectivity index (χ3v) is 8.13. The zero-order valence-corrected chi connectivity index (χ0v) is 23.3. The number of hydrogen-bond acceptors (Lipinski definition) is 2. The molecule has 3 aromatic rings. The summed E-state index contributed by atoms with van der Waals surface area (Å²) in [5, 5.41) is 0.522. The van der Waals surface area contributed by atoms with Gasteiger partial charge in [-0.15, -0.1) is 0 Å². The highest BCUT2D eigenvalue weighted by atomic mass is 35.5. The van der Waals surface area contributed by atoms with E-state index >= 15 is 0 Å². The molecule has 1 aliphatic heterocycles. The van der Waals surface area contributed by atoms with Crippen LogP contribution in [0.5, 0.6) is 0 Å². The van der Waals surface area contributed by atoms with Gasteiger partial charge in [-0.3, -0.25) is 4.90 Å². The monoisotopic (exact) mass is 595 g/mol. The fraction of sp³-hybridized carbons (Fsp3) is 0.387. The standard InChI is InChI=1S/C31H28ClF6NO2/c1-16(2)19-7-9-27(32)26(13-19)25-8-6-20(18-4-5-18)10-22(25)15-39-17(3)28(41-29(39)40)21-11-23(30(33,34)35)14-24(12-21)31(36,37)38/h6-14,16-18,28H,4-5,15H2,1-3H3. The summed E-state index contributed by atoms with van der Waals surface area (Å²) in [7, 11) is 0. The van der Waals surface area contributed by atoms with Crippen molar-refractivity contribution < 1.29 is 35.9 Å². The first-order valence-corrected chi connectivity index (χ1v) is 13.7. The molecule has 2 aliphatic rings. The largest absolute Gasteiger partial charge is 0.439 e. The second kappa shape index (κ2) is 10.6. The summed E-state index contributed by atoms with van der Waals surface area (Å²) in [4.78, 5) is 14.4. The fourth-order valence-corrected chi connectivity index (χ4v) is 5.49. The Bertz CT molecular complexity index is 1450. The molecule has 10 heteroatoms. The highest BCUT2D eigenvalue weighted by Gasteiger charge is 2.43. The van der Waals surface area contributed by atoms with Crippen LogP contribution in [0.3, 0.4) is 0 Å². The van der Waals surface area contributed by atoms with Crippen molar-refractivity contribution in [1.29, 1.82) is 0 Å². The molecule has 2 unspecified atom stereocenters. The molecule has 0 bridgehead atoms. The number of hydrogen-bond donors (Lipinski definition) is 0. The van der Waals surface area contributed by atoms with Gasteiger partial charge in [0, 0.05) is 10.6 Å². The molecule has 41 heavy (non-hydrogen) atoms. The molecule has 1 amide bonds. The number of ether oxygens (including phenoxy) is 1. The van der Waals surface area contributed by atoms with Crippen molar-refractivity contribution in [2.24, 2.45) is 0 Å². The molecular weight excluding hydrogens is 568 g/mol. The highest BCUT2D eigenvalue weighted by Crippen LogP contribution is 2.44. The number of benzene rings is 3. The zero-order valence-electron chi connectivity index (χ0n) is 22.5. The molecule has 0 aromatic heterocycles. The van der Waals surface area contributed by atoms with Crippen LogP contribution >= 0.6 is 11.6 Å². The lowest BCUT2D eigenvalue weighted by Crippen LogP contribution is -2.31. The first-order chi connectivity index (χ1) is 19.1. The Morgan fingerprint density at radius 2 is 1.51 bits per heavy atom. The van der Waals surface area contributed by atoms with Crippen molar-refractivity contribution in [3.63, 3.8) is 0 Å². The Kier molecular flexibility index (Phi) is 7.55. The minimum absolute atomic E-state index is 0.0414. The maximum Gasteiger partial charge on any atom is 0.416 e. The predicted molar refractivity (Wildman–Crippen MR) is 144 cm³/mol. The Morgan fingerprint density at radius 1 is 0.878 bits per heavy atom. The van der Waals surface area contributed by atoms with E-state index in [-0.39, 0.29) is 24.1 Å². The summed E-state index contributed by atoms with van der Waals surface area (Å²) in [6.45, 7) is 5.72. The first-order valence-electron chi connectivity index (χ1n) is 13.3. The van der Waals surface area contributed by atoms with E-state index in [9.17, 15) is 31.1 Å². The van der Waals surface area contributed by atoms with Crippen molar-refractivity contribution >= 4 is 17.7 Å². The number of halogens is 7. The summed E-state index contributed by atoms with van der Waals surface area (Å²) in [6.07, 6.45) is -10.1. The van der Waals surface area contributed by atoms with Gasteiger partial charge in [-0.1, -0.05) is 49.7 Å². The molecule has 1 saturated carbocycles. The fourth-order valence-electron chi connectivity index (χ4n) is 5.27. The molecule has 0 radical (unpaired) electrons. The second-order valence-electron chi connectivity index (χ2n) is 11.1. The van der Waals surface area contributed by atoms with Gasteiger partial charge in [-0.2, -0.15) is 26.3 Å². The molecule has 3 aromatic carbocycles. The van der Waals surface area contributed by atoms with Gasteiger partial charge in [0.05, 0.1) is 23.7 Å². The number of carbonyl (C=O) groups excluding carboxylic acids is 1. The van der Waals surface area contributed by atoms with E-state index in [1.165, 1.54) is 4.90 Å².